The van der Waals surface area contributed by atoms with Crippen molar-refractivity contribution in [3.05, 3.63) is 59.7 Å². The summed E-state index contributed by atoms with van der Waals surface area (Å²) in [6.45, 7) is 4.30. The van der Waals surface area contributed by atoms with E-state index in [1.54, 1.807) is 0 Å². The molecule has 3 heterocycles. The topological polar surface area (TPSA) is 50.8 Å². The SMILES string of the molecule is O=C1NCCC12CCN(Cc1ccc(C3COc4ccccc4O3)cc1)CC2. The van der Waals surface area contributed by atoms with Gasteiger partial charge in [0.1, 0.15) is 6.61 Å². The molecule has 0 radical (unpaired) electrons. The molecule has 5 rings (SSSR count). The van der Waals surface area contributed by atoms with E-state index < -0.39 is 0 Å². The summed E-state index contributed by atoms with van der Waals surface area (Å²) in [5.41, 5.74) is 2.35. The fourth-order valence-electron chi connectivity index (χ4n) is 4.61. The zero-order valence-corrected chi connectivity index (χ0v) is 16.0. The smallest absolute Gasteiger partial charge is 0.226 e. The third-order valence-electron chi connectivity index (χ3n) is 6.45. The van der Waals surface area contributed by atoms with Crippen LogP contribution in [0.4, 0.5) is 0 Å². The number of amides is 1. The number of nitrogens with one attached hydrogen (secondary N) is 1. The second-order valence-corrected chi connectivity index (χ2v) is 8.17. The predicted molar refractivity (Wildman–Crippen MR) is 106 cm³/mol. The number of fused-ring (bicyclic) bond motifs is 1. The van der Waals surface area contributed by atoms with Crippen LogP contribution < -0.4 is 14.8 Å². The van der Waals surface area contributed by atoms with Crippen LogP contribution in [0.15, 0.2) is 48.5 Å². The van der Waals surface area contributed by atoms with Crippen molar-refractivity contribution >= 4 is 5.91 Å². The quantitative estimate of drug-likeness (QED) is 0.890. The number of rotatable bonds is 3. The number of nitrogens with zero attached hydrogens (tertiary/aromatic N) is 1. The van der Waals surface area contributed by atoms with Crippen LogP contribution in [-0.2, 0) is 11.3 Å². The minimum Gasteiger partial charge on any atom is -0.485 e. The standard InChI is InChI=1S/C23H26N2O3/c26-22-23(9-12-24-22)10-13-25(14-11-23)15-17-5-7-18(8-6-17)21-16-27-19-3-1-2-4-20(19)28-21/h1-8,21H,9-16H2,(H,24,26). The molecule has 1 unspecified atom stereocenters. The van der Waals surface area contributed by atoms with Crippen LogP contribution in [0.2, 0.25) is 0 Å². The van der Waals surface area contributed by atoms with Crippen LogP contribution in [0.1, 0.15) is 36.5 Å². The van der Waals surface area contributed by atoms with Crippen molar-refractivity contribution in [2.75, 3.05) is 26.2 Å². The maximum absolute atomic E-state index is 12.1. The Morgan fingerprint density at radius 2 is 1.75 bits per heavy atom. The van der Waals surface area contributed by atoms with Crippen molar-refractivity contribution in [1.82, 2.24) is 10.2 Å². The number of benzene rings is 2. The Hall–Kier alpha value is -2.53. The average Bonchev–Trinajstić information content (AvgIpc) is 3.10. The van der Waals surface area contributed by atoms with Crippen LogP contribution in [-0.4, -0.2) is 37.0 Å². The molecule has 3 aliphatic rings. The fraction of sp³-hybridized carbons (Fsp3) is 0.435. The minimum atomic E-state index is -0.0883. The van der Waals surface area contributed by atoms with E-state index in [1.807, 2.05) is 24.3 Å². The van der Waals surface area contributed by atoms with Gasteiger partial charge in [0.25, 0.3) is 0 Å². The summed E-state index contributed by atoms with van der Waals surface area (Å²) >= 11 is 0. The molecule has 1 amide bonds. The molecule has 0 aliphatic carbocycles. The molecule has 3 aliphatic heterocycles. The highest BCUT2D eigenvalue weighted by Gasteiger charge is 2.44. The summed E-state index contributed by atoms with van der Waals surface area (Å²) in [6.07, 6.45) is 2.88. The molecule has 2 aromatic carbocycles. The van der Waals surface area contributed by atoms with Crippen molar-refractivity contribution in [2.24, 2.45) is 5.41 Å². The van der Waals surface area contributed by atoms with Gasteiger partial charge in [0.15, 0.2) is 17.6 Å². The van der Waals surface area contributed by atoms with Crippen molar-refractivity contribution < 1.29 is 14.3 Å². The number of carbonyl (C=O) groups excluding carboxylic acids is 1. The zero-order chi connectivity index (χ0) is 19.0. The average molecular weight is 378 g/mol. The first-order valence-electron chi connectivity index (χ1n) is 10.2. The van der Waals surface area contributed by atoms with Crippen LogP contribution in [0.25, 0.3) is 0 Å². The Kier molecular flexibility index (Phi) is 4.47. The summed E-state index contributed by atoms with van der Waals surface area (Å²) in [5, 5.41) is 3.01. The molecule has 1 atom stereocenters. The number of hydrogen-bond acceptors (Lipinski definition) is 4. The van der Waals surface area contributed by atoms with E-state index in [1.165, 1.54) is 5.56 Å². The minimum absolute atomic E-state index is 0.0697. The molecule has 5 heteroatoms. The van der Waals surface area contributed by atoms with Gasteiger partial charge in [-0.3, -0.25) is 9.69 Å². The number of likely N-dealkylation sites (tertiary alicyclic amines) is 1. The van der Waals surface area contributed by atoms with E-state index in [9.17, 15) is 4.79 Å². The van der Waals surface area contributed by atoms with E-state index in [4.69, 9.17) is 9.47 Å². The van der Waals surface area contributed by atoms with E-state index in [-0.39, 0.29) is 17.4 Å². The Balaban J connectivity index is 1.19. The molecule has 1 N–H and O–H groups in total. The summed E-state index contributed by atoms with van der Waals surface area (Å²) in [5.74, 6) is 1.89. The third kappa shape index (κ3) is 3.24. The largest absolute Gasteiger partial charge is 0.485 e. The van der Waals surface area contributed by atoms with E-state index >= 15 is 0 Å². The van der Waals surface area contributed by atoms with Crippen LogP contribution in [0.3, 0.4) is 0 Å². The van der Waals surface area contributed by atoms with Gasteiger partial charge in [0, 0.05) is 13.1 Å². The number of piperidine rings is 1. The molecule has 1 spiro atoms. The molecule has 0 bridgehead atoms. The van der Waals surface area contributed by atoms with Gasteiger partial charge in [-0.25, -0.2) is 0 Å². The third-order valence-corrected chi connectivity index (χ3v) is 6.45. The van der Waals surface area contributed by atoms with Crippen molar-refractivity contribution in [3.8, 4) is 11.5 Å². The normalized spacial score (nSPS) is 23.6. The summed E-state index contributed by atoms with van der Waals surface area (Å²) in [4.78, 5) is 14.6. The van der Waals surface area contributed by atoms with E-state index in [0.29, 0.717) is 6.61 Å². The first-order chi connectivity index (χ1) is 13.7. The molecule has 146 valence electrons. The monoisotopic (exact) mass is 378 g/mol. The summed E-state index contributed by atoms with van der Waals surface area (Å²) in [7, 11) is 0. The highest BCUT2D eigenvalue weighted by molar-refractivity contribution is 5.84. The number of carbonyl (C=O) groups is 1. The first kappa shape index (κ1) is 17.6. The highest BCUT2D eigenvalue weighted by Crippen LogP contribution is 2.38. The lowest BCUT2D eigenvalue weighted by Crippen LogP contribution is -2.43. The zero-order valence-electron chi connectivity index (χ0n) is 16.0. The number of para-hydroxylation sites is 2. The first-order valence-corrected chi connectivity index (χ1v) is 10.2. The molecule has 0 aromatic heterocycles. The summed E-state index contributed by atoms with van der Waals surface area (Å²) < 4.78 is 11.9. The van der Waals surface area contributed by atoms with Crippen LogP contribution in [0.5, 0.6) is 11.5 Å². The lowest BCUT2D eigenvalue weighted by atomic mass is 9.77. The Bertz CT molecular complexity index is 856. The van der Waals surface area contributed by atoms with Gasteiger partial charge >= 0.3 is 0 Å². The van der Waals surface area contributed by atoms with Gasteiger partial charge in [-0.2, -0.15) is 0 Å². The molecular weight excluding hydrogens is 352 g/mol. The predicted octanol–water partition coefficient (Wildman–Crippen LogP) is 3.30. The summed E-state index contributed by atoms with van der Waals surface area (Å²) in [6, 6.07) is 16.5. The van der Waals surface area contributed by atoms with Gasteiger partial charge in [0.05, 0.1) is 5.41 Å². The molecule has 5 nitrogen and oxygen atoms in total. The number of hydrogen-bond donors (Lipinski definition) is 1. The molecular formula is C23H26N2O3. The Morgan fingerprint density at radius 1 is 1.00 bits per heavy atom. The lowest BCUT2D eigenvalue weighted by Gasteiger charge is -2.37. The van der Waals surface area contributed by atoms with E-state index in [0.717, 1.165) is 62.5 Å². The molecule has 2 fully saturated rings. The number of ether oxygens (including phenoxy) is 2. The van der Waals surface area contributed by atoms with Crippen LogP contribution >= 0.6 is 0 Å². The Labute approximate surface area is 165 Å². The van der Waals surface area contributed by atoms with Gasteiger partial charge in [-0.15, -0.1) is 0 Å². The molecule has 28 heavy (non-hydrogen) atoms. The second kappa shape index (κ2) is 7.13. The fourth-order valence-corrected chi connectivity index (χ4v) is 4.61. The van der Waals surface area contributed by atoms with Crippen molar-refractivity contribution in [3.63, 3.8) is 0 Å². The van der Waals surface area contributed by atoms with Gasteiger partial charge < -0.3 is 14.8 Å². The van der Waals surface area contributed by atoms with Gasteiger partial charge in [-0.05, 0) is 55.6 Å². The molecule has 0 saturated carbocycles. The van der Waals surface area contributed by atoms with Crippen molar-refractivity contribution in [2.45, 2.75) is 31.9 Å². The Morgan fingerprint density at radius 3 is 2.46 bits per heavy atom. The van der Waals surface area contributed by atoms with Crippen LogP contribution in [0, 0.1) is 5.41 Å². The second-order valence-electron chi connectivity index (χ2n) is 8.17. The molecule has 2 saturated heterocycles. The van der Waals surface area contributed by atoms with Crippen molar-refractivity contribution in [1.29, 1.82) is 0 Å². The van der Waals surface area contributed by atoms with Gasteiger partial charge in [0.2, 0.25) is 5.91 Å². The maximum atomic E-state index is 12.1. The maximum Gasteiger partial charge on any atom is 0.226 e. The molecule has 2 aromatic rings. The lowest BCUT2D eigenvalue weighted by molar-refractivity contribution is -0.130. The van der Waals surface area contributed by atoms with E-state index in [2.05, 4.69) is 34.5 Å². The van der Waals surface area contributed by atoms with Gasteiger partial charge in [-0.1, -0.05) is 36.4 Å². The highest BCUT2D eigenvalue weighted by atomic mass is 16.6.